The minimum absolute atomic E-state index is 0.930. The summed E-state index contributed by atoms with van der Waals surface area (Å²) >= 11 is 0. The van der Waals surface area contributed by atoms with E-state index in [0.29, 0.717) is 0 Å². The van der Waals surface area contributed by atoms with Crippen LogP contribution < -0.4 is 10.2 Å². The standard InChI is InChI=1S/C13H18N4/c1-14-8-5-9-17(2)13-10-15-11-6-3-4-7-12(11)16-13/h3-4,6-7,10,14H,5,8-9H2,1-2H3. The number of rotatable bonds is 5. The number of aromatic nitrogens is 2. The number of para-hydroxylation sites is 2. The topological polar surface area (TPSA) is 41.0 Å². The van der Waals surface area contributed by atoms with E-state index in [1.165, 1.54) is 0 Å². The van der Waals surface area contributed by atoms with E-state index in [1.54, 1.807) is 0 Å². The third-order valence-electron chi connectivity index (χ3n) is 2.75. The van der Waals surface area contributed by atoms with Crippen LogP contribution in [0.2, 0.25) is 0 Å². The summed E-state index contributed by atoms with van der Waals surface area (Å²) in [6.45, 7) is 2.00. The van der Waals surface area contributed by atoms with E-state index < -0.39 is 0 Å². The second kappa shape index (κ2) is 5.59. The van der Waals surface area contributed by atoms with E-state index in [9.17, 15) is 0 Å². The molecule has 0 aliphatic rings. The smallest absolute Gasteiger partial charge is 0.147 e. The molecule has 4 heteroatoms. The summed E-state index contributed by atoms with van der Waals surface area (Å²) in [5.74, 6) is 0.930. The van der Waals surface area contributed by atoms with Crippen LogP contribution in [-0.4, -0.2) is 37.2 Å². The van der Waals surface area contributed by atoms with Gasteiger partial charge in [0.15, 0.2) is 0 Å². The molecule has 0 amide bonds. The minimum Gasteiger partial charge on any atom is -0.358 e. The average Bonchev–Trinajstić information content (AvgIpc) is 2.38. The molecule has 90 valence electrons. The molecule has 1 heterocycles. The maximum atomic E-state index is 4.60. The predicted molar refractivity (Wildman–Crippen MR) is 71.4 cm³/mol. The van der Waals surface area contributed by atoms with Gasteiger partial charge < -0.3 is 10.2 Å². The average molecular weight is 230 g/mol. The van der Waals surface area contributed by atoms with E-state index in [-0.39, 0.29) is 0 Å². The Kier molecular flexibility index (Phi) is 3.88. The predicted octanol–water partition coefficient (Wildman–Crippen LogP) is 1.68. The fraction of sp³-hybridized carbons (Fsp3) is 0.385. The molecule has 2 aromatic rings. The van der Waals surface area contributed by atoms with Gasteiger partial charge in [-0.15, -0.1) is 0 Å². The summed E-state index contributed by atoms with van der Waals surface area (Å²) < 4.78 is 0. The molecule has 0 atom stereocenters. The lowest BCUT2D eigenvalue weighted by Gasteiger charge is -2.17. The molecule has 2 rings (SSSR count). The zero-order valence-electron chi connectivity index (χ0n) is 10.3. The first-order valence-corrected chi connectivity index (χ1v) is 5.89. The Balaban J connectivity index is 2.12. The van der Waals surface area contributed by atoms with Crippen LogP contribution in [0.1, 0.15) is 6.42 Å². The van der Waals surface area contributed by atoms with Crippen molar-refractivity contribution in [2.45, 2.75) is 6.42 Å². The van der Waals surface area contributed by atoms with Gasteiger partial charge in [0, 0.05) is 13.6 Å². The van der Waals surface area contributed by atoms with Crippen molar-refractivity contribution in [2.24, 2.45) is 0 Å². The van der Waals surface area contributed by atoms with Crippen molar-refractivity contribution in [3.8, 4) is 0 Å². The first-order valence-electron chi connectivity index (χ1n) is 5.89. The number of fused-ring (bicyclic) bond motifs is 1. The molecule has 0 radical (unpaired) electrons. The summed E-state index contributed by atoms with van der Waals surface area (Å²) in [7, 11) is 4.02. The number of benzene rings is 1. The zero-order chi connectivity index (χ0) is 12.1. The van der Waals surface area contributed by atoms with E-state index in [1.807, 2.05) is 37.5 Å². The molecule has 1 N–H and O–H groups in total. The number of hydrogen-bond donors (Lipinski definition) is 1. The number of hydrogen-bond acceptors (Lipinski definition) is 4. The van der Waals surface area contributed by atoms with Crippen LogP contribution in [0, 0.1) is 0 Å². The third-order valence-corrected chi connectivity index (χ3v) is 2.75. The molecule has 0 aliphatic heterocycles. The fourth-order valence-electron chi connectivity index (χ4n) is 1.74. The number of anilines is 1. The second-order valence-corrected chi connectivity index (χ2v) is 4.10. The van der Waals surface area contributed by atoms with Crippen molar-refractivity contribution >= 4 is 16.9 Å². The molecule has 0 spiro atoms. The SMILES string of the molecule is CNCCCN(C)c1cnc2ccccc2n1. The van der Waals surface area contributed by atoms with E-state index >= 15 is 0 Å². The summed E-state index contributed by atoms with van der Waals surface area (Å²) in [4.78, 5) is 11.1. The van der Waals surface area contributed by atoms with Gasteiger partial charge in [0.2, 0.25) is 0 Å². The highest BCUT2D eigenvalue weighted by atomic mass is 15.2. The molecule has 1 aromatic carbocycles. The van der Waals surface area contributed by atoms with Crippen LogP contribution in [-0.2, 0) is 0 Å². The first kappa shape index (κ1) is 11.8. The van der Waals surface area contributed by atoms with Crippen molar-refractivity contribution in [1.82, 2.24) is 15.3 Å². The molecule has 0 bridgehead atoms. The Hall–Kier alpha value is -1.68. The van der Waals surface area contributed by atoms with Crippen molar-refractivity contribution in [3.63, 3.8) is 0 Å². The van der Waals surface area contributed by atoms with Gasteiger partial charge in [-0.3, -0.25) is 4.98 Å². The Morgan fingerprint density at radius 3 is 2.76 bits per heavy atom. The fourth-order valence-corrected chi connectivity index (χ4v) is 1.74. The lowest BCUT2D eigenvalue weighted by Crippen LogP contribution is -2.23. The molecular formula is C13H18N4. The van der Waals surface area contributed by atoms with Crippen LogP contribution in [0.4, 0.5) is 5.82 Å². The summed E-state index contributed by atoms with van der Waals surface area (Å²) in [6, 6.07) is 7.94. The summed E-state index contributed by atoms with van der Waals surface area (Å²) in [5.41, 5.74) is 1.89. The number of nitrogens with zero attached hydrogens (tertiary/aromatic N) is 3. The zero-order valence-corrected chi connectivity index (χ0v) is 10.3. The second-order valence-electron chi connectivity index (χ2n) is 4.10. The number of nitrogens with one attached hydrogen (secondary N) is 1. The van der Waals surface area contributed by atoms with Gasteiger partial charge in [-0.05, 0) is 32.1 Å². The van der Waals surface area contributed by atoms with Gasteiger partial charge in [-0.25, -0.2) is 4.98 Å². The molecule has 1 aromatic heterocycles. The van der Waals surface area contributed by atoms with E-state index in [0.717, 1.165) is 36.4 Å². The van der Waals surface area contributed by atoms with Crippen LogP contribution >= 0.6 is 0 Å². The molecule has 0 saturated carbocycles. The summed E-state index contributed by atoms with van der Waals surface area (Å²) in [6.07, 6.45) is 2.93. The molecule has 0 unspecified atom stereocenters. The van der Waals surface area contributed by atoms with Crippen molar-refractivity contribution < 1.29 is 0 Å². The third kappa shape index (κ3) is 2.91. The van der Waals surface area contributed by atoms with Crippen LogP contribution in [0.25, 0.3) is 11.0 Å². The van der Waals surface area contributed by atoms with Gasteiger partial charge in [-0.1, -0.05) is 12.1 Å². The molecule has 0 saturated heterocycles. The highest BCUT2D eigenvalue weighted by Gasteiger charge is 2.03. The summed E-state index contributed by atoms with van der Waals surface area (Å²) in [5, 5.41) is 3.14. The lowest BCUT2D eigenvalue weighted by molar-refractivity contribution is 0.709. The Morgan fingerprint density at radius 2 is 2.00 bits per heavy atom. The quantitative estimate of drug-likeness (QED) is 0.793. The Bertz CT molecular complexity index is 484. The van der Waals surface area contributed by atoms with Gasteiger partial charge in [0.25, 0.3) is 0 Å². The van der Waals surface area contributed by atoms with Crippen molar-refractivity contribution in [2.75, 3.05) is 32.1 Å². The maximum Gasteiger partial charge on any atom is 0.147 e. The Morgan fingerprint density at radius 1 is 1.24 bits per heavy atom. The minimum atomic E-state index is 0.930. The normalized spacial score (nSPS) is 10.7. The molecule has 17 heavy (non-hydrogen) atoms. The monoisotopic (exact) mass is 230 g/mol. The van der Waals surface area contributed by atoms with Gasteiger partial charge in [-0.2, -0.15) is 0 Å². The van der Waals surface area contributed by atoms with E-state index in [4.69, 9.17) is 0 Å². The molecule has 0 fully saturated rings. The van der Waals surface area contributed by atoms with Gasteiger partial charge in [0.05, 0.1) is 17.2 Å². The van der Waals surface area contributed by atoms with Crippen LogP contribution in [0.3, 0.4) is 0 Å². The molecule has 4 nitrogen and oxygen atoms in total. The highest BCUT2D eigenvalue weighted by Crippen LogP contribution is 2.13. The largest absolute Gasteiger partial charge is 0.358 e. The highest BCUT2D eigenvalue weighted by molar-refractivity contribution is 5.75. The van der Waals surface area contributed by atoms with Crippen LogP contribution in [0.5, 0.6) is 0 Å². The Labute approximate surface area is 102 Å². The van der Waals surface area contributed by atoms with Gasteiger partial charge >= 0.3 is 0 Å². The molecule has 0 aliphatic carbocycles. The molecular weight excluding hydrogens is 212 g/mol. The van der Waals surface area contributed by atoms with E-state index in [2.05, 4.69) is 27.2 Å². The maximum absolute atomic E-state index is 4.60. The lowest BCUT2D eigenvalue weighted by atomic mass is 10.3. The van der Waals surface area contributed by atoms with Crippen LogP contribution in [0.15, 0.2) is 30.5 Å². The van der Waals surface area contributed by atoms with Crippen molar-refractivity contribution in [3.05, 3.63) is 30.5 Å². The first-order chi connectivity index (χ1) is 8.31. The van der Waals surface area contributed by atoms with Gasteiger partial charge in [0.1, 0.15) is 5.82 Å². The van der Waals surface area contributed by atoms with Crippen molar-refractivity contribution in [1.29, 1.82) is 0 Å².